The highest BCUT2D eigenvalue weighted by Gasteiger charge is 2.26. The lowest BCUT2D eigenvalue weighted by atomic mass is 10.1. The number of hydrogen-bond donors (Lipinski definition) is 1. The summed E-state index contributed by atoms with van der Waals surface area (Å²) in [5.74, 6) is -0.380. The predicted octanol–water partition coefficient (Wildman–Crippen LogP) is 4.13. The lowest BCUT2D eigenvalue weighted by Gasteiger charge is -2.20. The van der Waals surface area contributed by atoms with Crippen LogP contribution < -0.4 is 5.32 Å². The van der Waals surface area contributed by atoms with E-state index in [0.29, 0.717) is 11.3 Å². The Morgan fingerprint density at radius 3 is 2.26 bits per heavy atom. The van der Waals surface area contributed by atoms with Gasteiger partial charge in [0, 0.05) is 37.3 Å². The van der Waals surface area contributed by atoms with Crippen LogP contribution in [-0.2, 0) is 13.0 Å². The summed E-state index contributed by atoms with van der Waals surface area (Å²) in [5.41, 5.74) is 7.93. The number of rotatable bonds is 5. The number of alkyl halides is 3. The van der Waals surface area contributed by atoms with Crippen LogP contribution in [0.15, 0.2) is 36.9 Å². The van der Waals surface area contributed by atoms with Gasteiger partial charge in [-0.25, -0.2) is 4.98 Å². The number of carbonyl (C=O) groups excluding carboxylic acids is 1. The molecule has 6 nitrogen and oxygen atoms in total. The maximum Gasteiger partial charge on any atom is 0.389 e. The Bertz CT molecular complexity index is 692. The molecule has 2 N–H and O–H groups in total. The van der Waals surface area contributed by atoms with Gasteiger partial charge in [-0.2, -0.15) is 13.2 Å². The van der Waals surface area contributed by atoms with E-state index in [-0.39, 0.29) is 30.1 Å². The fourth-order valence-electron chi connectivity index (χ4n) is 1.67. The van der Waals surface area contributed by atoms with Gasteiger partial charge in [-0.1, -0.05) is 26.8 Å². The second-order valence-corrected chi connectivity index (χ2v) is 6.80. The van der Waals surface area contributed by atoms with Crippen molar-refractivity contribution in [3.63, 3.8) is 0 Å². The van der Waals surface area contributed by atoms with Gasteiger partial charge in [-0.05, 0) is 18.1 Å². The Kier molecular flexibility index (Phi) is 8.30. The molecule has 148 valence electrons. The molecule has 0 aliphatic carbocycles. The van der Waals surface area contributed by atoms with Crippen LogP contribution in [0.4, 0.5) is 13.2 Å². The lowest BCUT2D eigenvalue weighted by molar-refractivity contribution is -0.134. The Hall–Kier alpha value is -2.55. The summed E-state index contributed by atoms with van der Waals surface area (Å²) in [5, 5.41) is 2.63. The van der Waals surface area contributed by atoms with Gasteiger partial charge in [0.05, 0.1) is 6.20 Å². The second kappa shape index (κ2) is 9.96. The summed E-state index contributed by atoms with van der Waals surface area (Å²) in [6.45, 7) is 5.77. The van der Waals surface area contributed by atoms with Gasteiger partial charge < -0.3 is 11.1 Å². The summed E-state index contributed by atoms with van der Waals surface area (Å²) >= 11 is 0. The van der Waals surface area contributed by atoms with Crippen LogP contribution in [0.25, 0.3) is 5.73 Å². The van der Waals surface area contributed by atoms with E-state index >= 15 is 0 Å². The molecule has 0 fully saturated rings. The monoisotopic (exact) mass is 382 g/mol. The number of carbonyl (C=O) groups is 1. The predicted molar refractivity (Wildman–Crippen MR) is 95.9 cm³/mol. The van der Waals surface area contributed by atoms with Gasteiger partial charge in [0.25, 0.3) is 5.91 Å². The van der Waals surface area contributed by atoms with Crippen molar-refractivity contribution >= 4 is 5.91 Å². The molecular formula is C18H23F3N5O-. The van der Waals surface area contributed by atoms with Crippen LogP contribution in [0.5, 0.6) is 0 Å². The van der Waals surface area contributed by atoms with Crippen molar-refractivity contribution in [2.24, 2.45) is 0 Å². The molecule has 2 heterocycles. The Labute approximate surface area is 156 Å². The van der Waals surface area contributed by atoms with Crippen molar-refractivity contribution in [3.8, 4) is 0 Å². The largest absolute Gasteiger partial charge is 0.673 e. The molecule has 0 atom stereocenters. The first-order valence-corrected chi connectivity index (χ1v) is 8.24. The van der Waals surface area contributed by atoms with Crippen molar-refractivity contribution < 1.29 is 18.0 Å². The summed E-state index contributed by atoms with van der Waals surface area (Å²) in [6, 6.07) is 3.16. The Balaban J connectivity index is 0.000000646. The number of halogens is 3. The van der Waals surface area contributed by atoms with Crippen LogP contribution in [0.2, 0.25) is 0 Å². The minimum atomic E-state index is -4.19. The lowest BCUT2D eigenvalue weighted by Crippen LogP contribution is -2.24. The number of aryl methyl sites for hydroxylation is 1. The van der Waals surface area contributed by atoms with E-state index in [1.807, 2.05) is 20.8 Å². The van der Waals surface area contributed by atoms with E-state index in [0.717, 1.165) is 0 Å². The van der Waals surface area contributed by atoms with Gasteiger partial charge in [0.15, 0.2) is 0 Å². The molecule has 0 saturated carbocycles. The van der Waals surface area contributed by atoms with E-state index in [9.17, 15) is 18.0 Å². The molecule has 9 heteroatoms. The molecule has 0 aliphatic heterocycles. The van der Waals surface area contributed by atoms with E-state index in [4.69, 9.17) is 5.73 Å². The van der Waals surface area contributed by atoms with Crippen molar-refractivity contribution in [1.82, 2.24) is 20.3 Å². The number of pyridine rings is 1. The quantitative estimate of drug-likeness (QED) is 0.841. The number of aromatic nitrogens is 3. The summed E-state index contributed by atoms with van der Waals surface area (Å²) < 4.78 is 36.3. The molecule has 0 unspecified atom stereocenters. The standard InChI is InChI=1S/C14H13F3N4O.C4H10N/c15-14(16,17)4-3-11-2-1-10(7-20-11)8-21-13(22)12-9-18-5-6-19-12;1-4(2,3)5/h1-2,5-7,9H,3-4,8H2,(H,21,22);5H,1-3H3/q;-1. The van der Waals surface area contributed by atoms with Gasteiger partial charge >= 0.3 is 6.18 Å². The molecule has 0 bridgehead atoms. The normalized spacial score (nSPS) is 11.4. The molecule has 0 aliphatic rings. The first kappa shape index (κ1) is 22.5. The minimum Gasteiger partial charge on any atom is -0.673 e. The molecule has 2 aromatic heterocycles. The molecule has 2 aromatic rings. The highest BCUT2D eigenvalue weighted by Crippen LogP contribution is 2.21. The molecule has 0 spiro atoms. The fraction of sp³-hybridized carbons (Fsp3) is 0.444. The van der Waals surface area contributed by atoms with Crippen LogP contribution in [0.3, 0.4) is 0 Å². The van der Waals surface area contributed by atoms with Crippen molar-refractivity contribution in [2.75, 3.05) is 0 Å². The summed E-state index contributed by atoms with van der Waals surface area (Å²) in [6.07, 6.45) is 0.409. The van der Waals surface area contributed by atoms with Crippen LogP contribution in [0.1, 0.15) is 48.9 Å². The van der Waals surface area contributed by atoms with Crippen molar-refractivity contribution in [1.29, 1.82) is 0 Å². The van der Waals surface area contributed by atoms with Crippen LogP contribution in [0, 0.1) is 0 Å². The zero-order valence-corrected chi connectivity index (χ0v) is 15.5. The third-order valence-electron chi connectivity index (χ3n) is 2.80. The van der Waals surface area contributed by atoms with Gasteiger partial charge in [-0.15, -0.1) is 5.54 Å². The van der Waals surface area contributed by atoms with Gasteiger partial charge in [0.1, 0.15) is 5.69 Å². The zero-order valence-electron chi connectivity index (χ0n) is 15.5. The maximum atomic E-state index is 12.1. The zero-order chi connectivity index (χ0) is 20.5. The summed E-state index contributed by atoms with van der Waals surface area (Å²) in [4.78, 5) is 23.3. The molecule has 0 aromatic carbocycles. The fourth-order valence-corrected chi connectivity index (χ4v) is 1.67. The maximum absolute atomic E-state index is 12.1. The highest BCUT2D eigenvalue weighted by atomic mass is 19.4. The van der Waals surface area contributed by atoms with Crippen molar-refractivity contribution in [3.05, 3.63) is 59.6 Å². The minimum absolute atomic E-state index is 0.157. The number of nitrogens with one attached hydrogen (secondary N) is 2. The van der Waals surface area contributed by atoms with Crippen LogP contribution >= 0.6 is 0 Å². The smallest absolute Gasteiger partial charge is 0.389 e. The molecule has 0 radical (unpaired) electrons. The molecular weight excluding hydrogens is 359 g/mol. The average molecular weight is 382 g/mol. The summed E-state index contributed by atoms with van der Waals surface area (Å²) in [7, 11) is 0. The number of amides is 1. The second-order valence-electron chi connectivity index (χ2n) is 6.80. The molecule has 1 amide bonds. The molecule has 27 heavy (non-hydrogen) atoms. The average Bonchev–Trinajstić information content (AvgIpc) is 2.57. The third kappa shape index (κ3) is 11.6. The topological polar surface area (TPSA) is 91.6 Å². The van der Waals surface area contributed by atoms with E-state index in [2.05, 4.69) is 20.3 Å². The van der Waals surface area contributed by atoms with E-state index in [1.165, 1.54) is 30.9 Å². The van der Waals surface area contributed by atoms with E-state index < -0.39 is 12.6 Å². The Morgan fingerprint density at radius 2 is 1.78 bits per heavy atom. The SMILES string of the molecule is CC(C)(C)[NH-].O=C(NCc1ccc(CCC(F)(F)F)nc1)c1cnccn1. The highest BCUT2D eigenvalue weighted by molar-refractivity contribution is 5.91. The Morgan fingerprint density at radius 1 is 1.11 bits per heavy atom. The number of nitrogens with zero attached hydrogens (tertiary/aromatic N) is 3. The van der Waals surface area contributed by atoms with Crippen molar-refractivity contribution in [2.45, 2.75) is 51.9 Å². The first-order chi connectivity index (χ1) is 12.4. The number of hydrogen-bond acceptors (Lipinski definition) is 4. The third-order valence-corrected chi connectivity index (χ3v) is 2.80. The first-order valence-electron chi connectivity index (χ1n) is 8.24. The van der Waals surface area contributed by atoms with Gasteiger partial charge in [0.2, 0.25) is 0 Å². The van der Waals surface area contributed by atoms with Gasteiger partial charge in [-0.3, -0.25) is 14.8 Å². The van der Waals surface area contributed by atoms with E-state index in [1.54, 1.807) is 6.07 Å². The molecule has 2 rings (SSSR count). The van der Waals surface area contributed by atoms with Crippen LogP contribution in [-0.4, -0.2) is 32.6 Å². The molecule has 0 saturated heterocycles.